The van der Waals surface area contributed by atoms with Crippen LogP contribution in [0.2, 0.25) is 0 Å². The van der Waals surface area contributed by atoms with Crippen molar-refractivity contribution in [2.75, 3.05) is 0 Å². The van der Waals surface area contributed by atoms with Gasteiger partial charge in [-0.15, -0.1) is 0 Å². The van der Waals surface area contributed by atoms with Crippen molar-refractivity contribution in [1.82, 2.24) is 0 Å². The number of hydrogen-bond donors (Lipinski definition) is 0. The van der Waals surface area contributed by atoms with Gasteiger partial charge in [0, 0.05) is 0 Å². The lowest BCUT2D eigenvalue weighted by Gasteiger charge is -2.16. The van der Waals surface area contributed by atoms with Crippen LogP contribution < -0.4 is 0 Å². The SMILES string of the molecule is [c]1ccc2c3ccccc3c3cc4ccccc4c4ccc1c2c43. The summed E-state index contributed by atoms with van der Waals surface area (Å²) in [5.41, 5.74) is 0. The standard InChI is InChI=1S/C24H13/c1-2-8-17-16(6-1)14-22-19-10-4-3-9-18(19)20-11-5-7-15-12-13-21(17)24(22)23(15)20/h1-6,8-14H. The predicted molar refractivity (Wildman–Crippen MR) is 104 cm³/mol. The molecule has 0 bridgehead atoms. The van der Waals surface area contributed by atoms with Gasteiger partial charge in [-0.05, 0) is 66.0 Å². The zero-order valence-corrected chi connectivity index (χ0v) is 13.0. The Kier molecular flexibility index (Phi) is 2.18. The molecule has 0 nitrogen and oxygen atoms in total. The summed E-state index contributed by atoms with van der Waals surface area (Å²) in [5.74, 6) is 0. The van der Waals surface area contributed by atoms with Crippen molar-refractivity contribution in [3.8, 4) is 0 Å². The van der Waals surface area contributed by atoms with Crippen LogP contribution in [0, 0.1) is 6.07 Å². The molecule has 6 aromatic carbocycles. The van der Waals surface area contributed by atoms with E-state index in [9.17, 15) is 0 Å². The van der Waals surface area contributed by atoms with Crippen LogP contribution in [0.25, 0.3) is 53.9 Å². The molecule has 0 N–H and O–H groups in total. The summed E-state index contributed by atoms with van der Waals surface area (Å²) >= 11 is 0. The molecule has 0 amide bonds. The molecule has 0 aliphatic carbocycles. The van der Waals surface area contributed by atoms with Gasteiger partial charge in [-0.25, -0.2) is 0 Å². The molecule has 0 spiro atoms. The van der Waals surface area contributed by atoms with Gasteiger partial charge >= 0.3 is 0 Å². The number of benzene rings is 6. The van der Waals surface area contributed by atoms with Crippen LogP contribution in [0.3, 0.4) is 0 Å². The molecule has 0 aliphatic heterocycles. The van der Waals surface area contributed by atoms with E-state index in [1.54, 1.807) is 0 Å². The van der Waals surface area contributed by atoms with E-state index in [-0.39, 0.29) is 0 Å². The molecule has 6 aromatic rings. The van der Waals surface area contributed by atoms with Gasteiger partial charge < -0.3 is 0 Å². The van der Waals surface area contributed by atoms with Crippen LogP contribution in [-0.4, -0.2) is 0 Å². The van der Waals surface area contributed by atoms with Crippen molar-refractivity contribution >= 4 is 53.9 Å². The lowest BCUT2D eigenvalue weighted by molar-refractivity contribution is 1.78. The third kappa shape index (κ3) is 1.39. The van der Waals surface area contributed by atoms with Crippen LogP contribution in [0.1, 0.15) is 0 Å². The van der Waals surface area contributed by atoms with Crippen molar-refractivity contribution in [3.05, 3.63) is 84.9 Å². The molecular weight excluding hydrogens is 288 g/mol. The summed E-state index contributed by atoms with van der Waals surface area (Å²) in [4.78, 5) is 0. The fraction of sp³-hybridized carbons (Fsp3) is 0. The predicted octanol–water partition coefficient (Wildman–Crippen LogP) is 6.69. The summed E-state index contributed by atoms with van der Waals surface area (Å²) in [6.07, 6.45) is 0. The molecule has 0 unspecified atom stereocenters. The first-order valence-corrected chi connectivity index (χ1v) is 8.30. The summed E-state index contributed by atoms with van der Waals surface area (Å²) in [7, 11) is 0. The van der Waals surface area contributed by atoms with Gasteiger partial charge in [0.25, 0.3) is 0 Å². The molecule has 0 saturated heterocycles. The smallest absolute Gasteiger partial charge is 0.00137 e. The van der Waals surface area contributed by atoms with Crippen LogP contribution in [0.4, 0.5) is 0 Å². The van der Waals surface area contributed by atoms with E-state index in [1.165, 1.54) is 53.9 Å². The highest BCUT2D eigenvalue weighted by Gasteiger charge is 2.14. The quantitative estimate of drug-likeness (QED) is 0.216. The first kappa shape index (κ1) is 12.3. The molecule has 6 rings (SSSR count). The van der Waals surface area contributed by atoms with Gasteiger partial charge in [-0.3, -0.25) is 0 Å². The number of hydrogen-bond acceptors (Lipinski definition) is 0. The van der Waals surface area contributed by atoms with Crippen LogP contribution in [0.15, 0.2) is 78.9 Å². The van der Waals surface area contributed by atoms with Crippen LogP contribution >= 0.6 is 0 Å². The van der Waals surface area contributed by atoms with E-state index < -0.39 is 0 Å². The molecule has 0 aliphatic rings. The zero-order valence-electron chi connectivity index (χ0n) is 13.0. The van der Waals surface area contributed by atoms with Gasteiger partial charge in [-0.2, -0.15) is 0 Å². The number of rotatable bonds is 0. The van der Waals surface area contributed by atoms with E-state index in [2.05, 4.69) is 78.9 Å². The molecule has 1 radical (unpaired) electrons. The second-order valence-electron chi connectivity index (χ2n) is 6.49. The van der Waals surface area contributed by atoms with Crippen LogP contribution in [-0.2, 0) is 0 Å². The van der Waals surface area contributed by atoms with Gasteiger partial charge in [0.1, 0.15) is 0 Å². The second kappa shape index (κ2) is 4.24. The monoisotopic (exact) mass is 301 g/mol. The second-order valence-corrected chi connectivity index (χ2v) is 6.49. The summed E-state index contributed by atoms with van der Waals surface area (Å²) in [6.45, 7) is 0. The molecule has 0 atom stereocenters. The maximum absolute atomic E-state index is 3.42. The van der Waals surface area contributed by atoms with Crippen LogP contribution in [0.5, 0.6) is 0 Å². The average molecular weight is 301 g/mol. The Morgan fingerprint density at radius 1 is 0.500 bits per heavy atom. The first-order valence-electron chi connectivity index (χ1n) is 8.30. The van der Waals surface area contributed by atoms with Gasteiger partial charge in [0.2, 0.25) is 0 Å². The Labute approximate surface area is 139 Å². The molecule has 109 valence electrons. The normalized spacial score (nSPS) is 12.2. The largest absolute Gasteiger partial charge is 0.0616 e. The molecule has 0 heteroatoms. The maximum atomic E-state index is 3.42. The van der Waals surface area contributed by atoms with Crippen molar-refractivity contribution in [2.24, 2.45) is 0 Å². The Balaban J connectivity index is 2.12. The van der Waals surface area contributed by atoms with E-state index in [1.807, 2.05) is 6.07 Å². The van der Waals surface area contributed by atoms with Crippen molar-refractivity contribution < 1.29 is 0 Å². The van der Waals surface area contributed by atoms with Crippen molar-refractivity contribution in [2.45, 2.75) is 0 Å². The minimum absolute atomic E-state index is 1.20. The lowest BCUT2D eigenvalue weighted by atomic mass is 9.87. The third-order valence-electron chi connectivity index (χ3n) is 5.29. The van der Waals surface area contributed by atoms with E-state index >= 15 is 0 Å². The highest BCUT2D eigenvalue weighted by molar-refractivity contribution is 6.37. The molecule has 0 heterocycles. The average Bonchev–Trinajstić information content (AvgIpc) is 2.66. The highest BCUT2D eigenvalue weighted by Crippen LogP contribution is 2.42. The summed E-state index contributed by atoms with van der Waals surface area (Å²) < 4.78 is 0. The molecule has 0 aromatic heterocycles. The van der Waals surface area contributed by atoms with Crippen molar-refractivity contribution in [3.63, 3.8) is 0 Å². The van der Waals surface area contributed by atoms with Gasteiger partial charge in [0.15, 0.2) is 0 Å². The first-order chi connectivity index (χ1) is 11.9. The van der Waals surface area contributed by atoms with Gasteiger partial charge in [0.05, 0.1) is 0 Å². The minimum Gasteiger partial charge on any atom is -0.0616 e. The van der Waals surface area contributed by atoms with E-state index in [4.69, 9.17) is 0 Å². The summed E-state index contributed by atoms with van der Waals surface area (Å²) in [6, 6.07) is 32.0. The summed E-state index contributed by atoms with van der Waals surface area (Å²) in [5, 5.41) is 13.2. The molecule has 24 heavy (non-hydrogen) atoms. The molecule has 0 saturated carbocycles. The Morgan fingerprint density at radius 3 is 2.08 bits per heavy atom. The highest BCUT2D eigenvalue weighted by atomic mass is 14.2. The lowest BCUT2D eigenvalue weighted by Crippen LogP contribution is -1.88. The van der Waals surface area contributed by atoms with Gasteiger partial charge in [-0.1, -0.05) is 72.8 Å². The van der Waals surface area contributed by atoms with E-state index in [0.29, 0.717) is 0 Å². The fourth-order valence-corrected chi connectivity index (χ4v) is 4.29. The maximum Gasteiger partial charge on any atom is -0.00137 e. The fourth-order valence-electron chi connectivity index (χ4n) is 4.29. The van der Waals surface area contributed by atoms with Crippen molar-refractivity contribution in [1.29, 1.82) is 0 Å². The molecular formula is C24H13. The molecule has 0 fully saturated rings. The number of fused-ring (bicyclic) bond motifs is 5. The zero-order chi connectivity index (χ0) is 15.7. The topological polar surface area (TPSA) is 0 Å². The Bertz CT molecular complexity index is 1390. The minimum atomic E-state index is 1.20. The Morgan fingerprint density at radius 2 is 1.21 bits per heavy atom. The third-order valence-corrected chi connectivity index (χ3v) is 5.29. The Hall–Kier alpha value is -3.12. The van der Waals surface area contributed by atoms with E-state index in [0.717, 1.165) is 0 Å².